The Bertz CT molecular complexity index is 643. The Morgan fingerprint density at radius 1 is 1.33 bits per heavy atom. The quantitative estimate of drug-likeness (QED) is 0.804. The van der Waals surface area contributed by atoms with Crippen LogP contribution in [0.15, 0.2) is 23.4 Å². The van der Waals surface area contributed by atoms with Crippen molar-refractivity contribution in [3.8, 4) is 0 Å². The van der Waals surface area contributed by atoms with Crippen LogP contribution in [-0.4, -0.2) is 34.0 Å². The molecule has 0 saturated heterocycles. The Kier molecular flexibility index (Phi) is 3.52. The third-order valence-corrected chi connectivity index (χ3v) is 2.60. The number of nitrogens with one attached hydrogen (secondary N) is 2. The van der Waals surface area contributed by atoms with Crippen molar-refractivity contribution in [3.63, 3.8) is 0 Å². The van der Waals surface area contributed by atoms with Gasteiger partial charge in [-0.1, -0.05) is 0 Å². The summed E-state index contributed by atoms with van der Waals surface area (Å²) in [7, 11) is 3.74. The molecule has 6 nitrogen and oxygen atoms in total. The molecule has 0 atom stereocenters. The lowest BCUT2D eigenvalue weighted by Gasteiger charge is -2.09. The van der Waals surface area contributed by atoms with E-state index in [4.69, 9.17) is 12.2 Å². The van der Waals surface area contributed by atoms with Crippen LogP contribution < -0.4 is 10.5 Å². The van der Waals surface area contributed by atoms with Gasteiger partial charge in [0.05, 0.1) is 0 Å². The molecule has 2 aromatic heterocycles. The summed E-state index contributed by atoms with van der Waals surface area (Å²) in [5, 5.41) is 0. The molecule has 0 fully saturated rings. The maximum Gasteiger partial charge on any atom is 0.255 e. The molecular weight excluding hydrogens is 250 g/mol. The molecule has 0 bridgehead atoms. The van der Waals surface area contributed by atoms with Gasteiger partial charge in [-0.25, -0.2) is 9.97 Å². The number of H-pyrrole nitrogens is 2. The topological polar surface area (TPSA) is 77.7 Å². The number of anilines is 1. The third-order valence-electron chi connectivity index (χ3n) is 2.38. The molecule has 0 aliphatic heterocycles. The molecule has 18 heavy (non-hydrogen) atoms. The molecule has 0 aromatic carbocycles. The van der Waals surface area contributed by atoms with E-state index in [2.05, 4.69) is 19.9 Å². The molecule has 0 radical (unpaired) electrons. The van der Waals surface area contributed by atoms with E-state index < -0.39 is 0 Å². The van der Waals surface area contributed by atoms with Gasteiger partial charge >= 0.3 is 0 Å². The molecule has 2 heterocycles. The van der Waals surface area contributed by atoms with Gasteiger partial charge in [0.15, 0.2) is 4.77 Å². The third kappa shape index (κ3) is 2.80. The summed E-state index contributed by atoms with van der Waals surface area (Å²) >= 11 is 4.83. The van der Waals surface area contributed by atoms with Gasteiger partial charge in [-0.15, -0.1) is 0 Å². The van der Waals surface area contributed by atoms with Gasteiger partial charge in [0.1, 0.15) is 0 Å². The lowest BCUT2D eigenvalue weighted by Crippen LogP contribution is -2.15. The number of rotatable bonds is 3. The zero-order valence-electron chi connectivity index (χ0n) is 10.1. The molecule has 2 N–H and O–H groups in total. The Morgan fingerprint density at radius 3 is 2.56 bits per heavy atom. The predicted octanol–water partition coefficient (Wildman–Crippen LogP) is 0.879. The fraction of sp³-hybridized carbons (Fsp3) is 0.273. The van der Waals surface area contributed by atoms with Crippen molar-refractivity contribution in [2.24, 2.45) is 0 Å². The van der Waals surface area contributed by atoms with E-state index in [1.165, 1.54) is 0 Å². The highest BCUT2D eigenvalue weighted by Crippen LogP contribution is 2.06. The summed E-state index contributed by atoms with van der Waals surface area (Å²) in [5.41, 5.74) is 1.29. The lowest BCUT2D eigenvalue weighted by molar-refractivity contribution is 0.958. The van der Waals surface area contributed by atoms with E-state index in [1.54, 1.807) is 18.6 Å². The first-order chi connectivity index (χ1) is 8.56. The zero-order chi connectivity index (χ0) is 13.1. The second-order valence-corrected chi connectivity index (χ2v) is 4.47. The highest BCUT2D eigenvalue weighted by atomic mass is 32.1. The van der Waals surface area contributed by atoms with Crippen LogP contribution in [0.2, 0.25) is 0 Å². The summed E-state index contributed by atoms with van der Waals surface area (Å²) < 4.78 is 0.322. The maximum absolute atomic E-state index is 11.6. The minimum atomic E-state index is -0.185. The first-order valence-electron chi connectivity index (χ1n) is 5.35. The summed E-state index contributed by atoms with van der Waals surface area (Å²) in [6.45, 7) is 0. The first kappa shape index (κ1) is 12.4. The molecule has 0 amide bonds. The monoisotopic (exact) mass is 263 g/mol. The van der Waals surface area contributed by atoms with Gasteiger partial charge in [-0.3, -0.25) is 9.78 Å². The van der Waals surface area contributed by atoms with Crippen molar-refractivity contribution < 1.29 is 0 Å². The molecule has 0 aliphatic carbocycles. The number of nitrogens with zero attached hydrogens (tertiary/aromatic N) is 3. The van der Waals surface area contributed by atoms with Crippen LogP contribution in [0, 0.1) is 4.77 Å². The SMILES string of the molecule is CN(C)c1ncc(Cc2c[nH]c(=S)[nH]c2=O)cn1. The molecule has 7 heteroatoms. The van der Waals surface area contributed by atoms with Gasteiger partial charge in [0, 0.05) is 44.7 Å². The lowest BCUT2D eigenvalue weighted by atomic mass is 10.1. The molecule has 2 aromatic rings. The van der Waals surface area contributed by atoms with E-state index in [-0.39, 0.29) is 5.56 Å². The predicted molar refractivity (Wildman–Crippen MR) is 71.4 cm³/mol. The van der Waals surface area contributed by atoms with Gasteiger partial charge in [-0.2, -0.15) is 0 Å². The highest BCUT2D eigenvalue weighted by molar-refractivity contribution is 7.71. The van der Waals surface area contributed by atoms with Crippen LogP contribution in [0.1, 0.15) is 11.1 Å². The second kappa shape index (κ2) is 5.09. The summed E-state index contributed by atoms with van der Waals surface area (Å²) in [4.78, 5) is 27.2. The molecule has 0 aliphatic rings. The maximum atomic E-state index is 11.6. The molecule has 0 unspecified atom stereocenters. The number of aromatic amines is 2. The first-order valence-corrected chi connectivity index (χ1v) is 5.76. The number of aromatic nitrogens is 4. The Morgan fingerprint density at radius 2 is 2.00 bits per heavy atom. The summed E-state index contributed by atoms with van der Waals surface area (Å²) in [6, 6.07) is 0. The second-order valence-electron chi connectivity index (χ2n) is 4.06. The molecule has 94 valence electrons. The van der Waals surface area contributed by atoms with Crippen molar-refractivity contribution in [2.45, 2.75) is 6.42 Å². The smallest absolute Gasteiger partial charge is 0.255 e. The molecule has 0 spiro atoms. The fourth-order valence-corrected chi connectivity index (χ4v) is 1.61. The average molecular weight is 263 g/mol. The summed E-state index contributed by atoms with van der Waals surface area (Å²) in [6.07, 6.45) is 5.50. The van der Waals surface area contributed by atoms with Crippen LogP contribution in [-0.2, 0) is 6.42 Å². The van der Waals surface area contributed by atoms with Gasteiger partial charge in [0.2, 0.25) is 5.95 Å². The van der Waals surface area contributed by atoms with Crippen LogP contribution in [0.25, 0.3) is 0 Å². The van der Waals surface area contributed by atoms with Gasteiger partial charge in [-0.05, 0) is 17.8 Å². The summed E-state index contributed by atoms with van der Waals surface area (Å²) in [5.74, 6) is 0.639. The van der Waals surface area contributed by atoms with E-state index in [0.717, 1.165) is 5.56 Å². The Balaban J connectivity index is 2.23. The van der Waals surface area contributed by atoms with Gasteiger partial charge in [0.25, 0.3) is 5.56 Å². The van der Waals surface area contributed by atoms with E-state index >= 15 is 0 Å². The van der Waals surface area contributed by atoms with Crippen molar-refractivity contribution in [3.05, 3.63) is 44.8 Å². The van der Waals surface area contributed by atoms with Crippen molar-refractivity contribution >= 4 is 18.2 Å². The average Bonchev–Trinajstić information content (AvgIpc) is 2.33. The molecular formula is C11H13N5OS. The van der Waals surface area contributed by atoms with Crippen molar-refractivity contribution in [1.82, 2.24) is 19.9 Å². The standard InChI is InChI=1S/C11H13N5OS/c1-16(2)10-12-4-7(5-13-10)3-8-6-14-11(18)15-9(8)17/h4-6H,3H2,1-2H3,(H2,14,15,17,18). The van der Waals surface area contributed by atoms with Crippen LogP contribution in [0.3, 0.4) is 0 Å². The van der Waals surface area contributed by atoms with Crippen molar-refractivity contribution in [2.75, 3.05) is 19.0 Å². The largest absolute Gasteiger partial charge is 0.347 e. The van der Waals surface area contributed by atoms with Crippen LogP contribution in [0.5, 0.6) is 0 Å². The Hall–Kier alpha value is -2.02. The number of hydrogen-bond acceptors (Lipinski definition) is 5. The Labute approximate surface area is 109 Å². The zero-order valence-corrected chi connectivity index (χ0v) is 10.9. The van der Waals surface area contributed by atoms with E-state index in [9.17, 15) is 4.79 Å². The minimum absolute atomic E-state index is 0.185. The molecule has 2 rings (SSSR count). The normalized spacial score (nSPS) is 10.3. The van der Waals surface area contributed by atoms with E-state index in [1.807, 2.05) is 19.0 Å². The fourth-order valence-electron chi connectivity index (χ4n) is 1.46. The van der Waals surface area contributed by atoms with E-state index in [0.29, 0.717) is 22.7 Å². The highest BCUT2D eigenvalue weighted by Gasteiger charge is 2.03. The number of hydrogen-bond donors (Lipinski definition) is 2. The molecule has 0 saturated carbocycles. The minimum Gasteiger partial charge on any atom is -0.347 e. The van der Waals surface area contributed by atoms with Crippen molar-refractivity contribution in [1.29, 1.82) is 0 Å². The van der Waals surface area contributed by atoms with Crippen LogP contribution >= 0.6 is 12.2 Å². The van der Waals surface area contributed by atoms with Crippen LogP contribution in [0.4, 0.5) is 5.95 Å². The van der Waals surface area contributed by atoms with Gasteiger partial charge < -0.3 is 9.88 Å².